The number of carbonyl (C=O) groups excluding carboxylic acids is 1. The second kappa shape index (κ2) is 7.79. The van der Waals surface area contributed by atoms with Crippen LogP contribution in [0, 0.1) is 13.8 Å². The molecule has 3 nitrogen and oxygen atoms in total. The Bertz CT molecular complexity index is 750. The number of rotatable bonds is 4. The lowest BCUT2D eigenvalue weighted by atomic mass is 10.0. The van der Waals surface area contributed by atoms with E-state index < -0.39 is 0 Å². The van der Waals surface area contributed by atoms with Gasteiger partial charge in [0.2, 0.25) is 5.91 Å². The van der Waals surface area contributed by atoms with Gasteiger partial charge in [-0.05, 0) is 49.6 Å². The first kappa shape index (κ1) is 18.3. The molecular formula is C20H25ClN2OS. The molecule has 1 aromatic carbocycles. The number of thiophene rings is 1. The molecule has 1 amide bonds. The summed E-state index contributed by atoms with van der Waals surface area (Å²) in [5, 5.41) is 0.763. The van der Waals surface area contributed by atoms with Gasteiger partial charge in [0, 0.05) is 53.1 Å². The standard InChI is InChI=1S/C20H25ClN2OS/c1-14-4-6-17(21)13-18(14)22-8-10-23(11-9-22)20(24)12-15(2)19-7-5-16(3)25-19/h4-7,13,15H,8-12H2,1-3H3/t15-/m1/s1. The summed E-state index contributed by atoms with van der Waals surface area (Å²) in [5.74, 6) is 0.556. The number of anilines is 1. The third kappa shape index (κ3) is 4.36. The number of halogens is 1. The minimum atomic E-state index is 0.265. The Labute approximate surface area is 159 Å². The van der Waals surface area contributed by atoms with Crippen LogP contribution in [0.25, 0.3) is 0 Å². The van der Waals surface area contributed by atoms with Crippen molar-refractivity contribution in [3.63, 3.8) is 0 Å². The van der Waals surface area contributed by atoms with Gasteiger partial charge in [-0.1, -0.05) is 24.6 Å². The van der Waals surface area contributed by atoms with Crippen LogP contribution in [-0.4, -0.2) is 37.0 Å². The van der Waals surface area contributed by atoms with Crippen molar-refractivity contribution in [2.45, 2.75) is 33.1 Å². The van der Waals surface area contributed by atoms with E-state index in [1.165, 1.54) is 21.0 Å². The Kier molecular flexibility index (Phi) is 5.70. The molecule has 1 fully saturated rings. The van der Waals surface area contributed by atoms with E-state index in [0.29, 0.717) is 12.3 Å². The lowest BCUT2D eigenvalue weighted by Gasteiger charge is -2.37. The molecule has 0 unspecified atom stereocenters. The SMILES string of the molecule is Cc1ccc([C@H](C)CC(=O)N2CCN(c3cc(Cl)ccc3C)CC2)s1. The first-order valence-electron chi connectivity index (χ1n) is 8.79. The maximum Gasteiger partial charge on any atom is 0.223 e. The van der Waals surface area contributed by atoms with E-state index in [1.807, 2.05) is 17.0 Å². The molecule has 0 radical (unpaired) electrons. The zero-order valence-corrected chi connectivity index (χ0v) is 16.7. The molecule has 25 heavy (non-hydrogen) atoms. The molecular weight excluding hydrogens is 352 g/mol. The van der Waals surface area contributed by atoms with Crippen LogP contribution in [0.5, 0.6) is 0 Å². The van der Waals surface area contributed by atoms with Crippen LogP contribution >= 0.6 is 22.9 Å². The minimum Gasteiger partial charge on any atom is -0.368 e. The normalized spacial score (nSPS) is 16.2. The van der Waals surface area contributed by atoms with Gasteiger partial charge in [-0.2, -0.15) is 0 Å². The Hall–Kier alpha value is -1.52. The van der Waals surface area contributed by atoms with Crippen molar-refractivity contribution in [1.82, 2.24) is 4.90 Å². The fourth-order valence-electron chi connectivity index (χ4n) is 3.33. The van der Waals surface area contributed by atoms with Gasteiger partial charge in [0.25, 0.3) is 0 Å². The summed E-state index contributed by atoms with van der Waals surface area (Å²) in [6.45, 7) is 9.64. The highest BCUT2D eigenvalue weighted by Crippen LogP contribution is 2.28. The summed E-state index contributed by atoms with van der Waals surface area (Å²) >= 11 is 7.94. The predicted octanol–water partition coefficient (Wildman–Crippen LogP) is 4.86. The van der Waals surface area contributed by atoms with Crippen LogP contribution in [0.2, 0.25) is 5.02 Å². The van der Waals surface area contributed by atoms with E-state index in [0.717, 1.165) is 31.2 Å². The minimum absolute atomic E-state index is 0.265. The van der Waals surface area contributed by atoms with Gasteiger partial charge < -0.3 is 9.80 Å². The number of carbonyl (C=O) groups is 1. The van der Waals surface area contributed by atoms with Crippen LogP contribution in [0.4, 0.5) is 5.69 Å². The number of amides is 1. The lowest BCUT2D eigenvalue weighted by molar-refractivity contribution is -0.131. The van der Waals surface area contributed by atoms with Gasteiger partial charge in [-0.25, -0.2) is 0 Å². The van der Waals surface area contributed by atoms with Gasteiger partial charge in [0.05, 0.1) is 0 Å². The second-order valence-electron chi connectivity index (χ2n) is 6.85. The summed E-state index contributed by atoms with van der Waals surface area (Å²) in [6, 6.07) is 10.3. The van der Waals surface area contributed by atoms with Crippen molar-refractivity contribution in [2.75, 3.05) is 31.1 Å². The first-order chi connectivity index (χ1) is 11.9. The molecule has 134 valence electrons. The number of hydrogen-bond acceptors (Lipinski definition) is 3. The maximum atomic E-state index is 12.6. The Morgan fingerprint density at radius 1 is 1.16 bits per heavy atom. The highest BCUT2D eigenvalue weighted by molar-refractivity contribution is 7.12. The zero-order valence-electron chi connectivity index (χ0n) is 15.1. The highest BCUT2D eigenvalue weighted by atomic mass is 35.5. The summed E-state index contributed by atoms with van der Waals surface area (Å²) in [7, 11) is 0. The van der Waals surface area contributed by atoms with Crippen molar-refractivity contribution >= 4 is 34.5 Å². The van der Waals surface area contributed by atoms with E-state index >= 15 is 0 Å². The smallest absolute Gasteiger partial charge is 0.223 e. The highest BCUT2D eigenvalue weighted by Gasteiger charge is 2.24. The summed E-state index contributed by atoms with van der Waals surface area (Å²) in [4.78, 5) is 19.6. The molecule has 1 atom stereocenters. The van der Waals surface area contributed by atoms with Crippen LogP contribution in [0.15, 0.2) is 30.3 Å². The topological polar surface area (TPSA) is 23.6 Å². The van der Waals surface area contributed by atoms with E-state index in [1.54, 1.807) is 11.3 Å². The Morgan fingerprint density at radius 3 is 2.52 bits per heavy atom. The van der Waals surface area contributed by atoms with E-state index in [-0.39, 0.29) is 5.91 Å². The lowest BCUT2D eigenvalue weighted by Crippen LogP contribution is -2.49. The molecule has 3 rings (SSSR count). The van der Waals surface area contributed by atoms with Crippen molar-refractivity contribution in [3.8, 4) is 0 Å². The average molecular weight is 377 g/mol. The summed E-state index contributed by atoms with van der Waals surface area (Å²) in [6.07, 6.45) is 0.593. The van der Waals surface area contributed by atoms with Crippen LogP contribution in [0.3, 0.4) is 0 Å². The summed E-state index contributed by atoms with van der Waals surface area (Å²) < 4.78 is 0. The molecule has 5 heteroatoms. The molecule has 1 aliphatic heterocycles. The van der Waals surface area contributed by atoms with Gasteiger partial charge in [-0.3, -0.25) is 4.79 Å². The number of benzene rings is 1. The van der Waals surface area contributed by atoms with Crippen LogP contribution < -0.4 is 4.90 Å². The fourth-order valence-corrected chi connectivity index (χ4v) is 4.42. The van der Waals surface area contributed by atoms with Crippen molar-refractivity contribution < 1.29 is 4.79 Å². The maximum absolute atomic E-state index is 12.6. The number of nitrogens with zero attached hydrogens (tertiary/aromatic N) is 2. The van der Waals surface area contributed by atoms with E-state index in [9.17, 15) is 4.79 Å². The molecule has 0 spiro atoms. The molecule has 1 aromatic heterocycles. The Morgan fingerprint density at radius 2 is 1.88 bits per heavy atom. The largest absolute Gasteiger partial charge is 0.368 e. The molecule has 0 N–H and O–H groups in total. The van der Waals surface area contributed by atoms with Crippen molar-refractivity contribution in [2.24, 2.45) is 0 Å². The zero-order chi connectivity index (χ0) is 18.0. The van der Waals surface area contributed by atoms with Gasteiger partial charge in [0.1, 0.15) is 0 Å². The van der Waals surface area contributed by atoms with E-state index in [2.05, 4.69) is 43.9 Å². The van der Waals surface area contributed by atoms with E-state index in [4.69, 9.17) is 11.6 Å². The first-order valence-corrected chi connectivity index (χ1v) is 9.98. The average Bonchev–Trinajstić information content (AvgIpc) is 3.04. The molecule has 1 saturated heterocycles. The number of aryl methyl sites for hydroxylation is 2. The third-order valence-electron chi connectivity index (χ3n) is 4.87. The van der Waals surface area contributed by atoms with Crippen molar-refractivity contribution in [1.29, 1.82) is 0 Å². The number of hydrogen-bond donors (Lipinski definition) is 0. The summed E-state index contributed by atoms with van der Waals surface area (Å²) in [5.41, 5.74) is 2.41. The van der Waals surface area contributed by atoms with Crippen molar-refractivity contribution in [3.05, 3.63) is 50.7 Å². The molecule has 2 aromatic rings. The molecule has 0 bridgehead atoms. The Balaban J connectivity index is 1.56. The molecule has 2 heterocycles. The monoisotopic (exact) mass is 376 g/mol. The van der Waals surface area contributed by atoms with Gasteiger partial charge >= 0.3 is 0 Å². The predicted molar refractivity (Wildman–Crippen MR) is 107 cm³/mol. The van der Waals surface area contributed by atoms with Gasteiger partial charge in [0.15, 0.2) is 0 Å². The molecule has 1 aliphatic rings. The van der Waals surface area contributed by atoms with Crippen LogP contribution in [-0.2, 0) is 4.79 Å². The van der Waals surface area contributed by atoms with Gasteiger partial charge in [-0.15, -0.1) is 11.3 Å². The quantitative estimate of drug-likeness (QED) is 0.760. The third-order valence-corrected chi connectivity index (χ3v) is 6.34. The molecule has 0 aliphatic carbocycles. The number of piperazine rings is 1. The fraction of sp³-hybridized carbons (Fsp3) is 0.450. The second-order valence-corrected chi connectivity index (χ2v) is 8.61. The molecule has 0 saturated carbocycles. The van der Waals surface area contributed by atoms with Crippen LogP contribution in [0.1, 0.15) is 34.6 Å².